The number of carbonyl (C=O) groups excluding carboxylic acids is 2. The highest BCUT2D eigenvalue weighted by atomic mass is 32.2. The van der Waals surface area contributed by atoms with Crippen LogP contribution in [0.4, 0.5) is 0 Å². The first kappa shape index (κ1) is 26.3. The fourth-order valence-corrected chi connectivity index (χ4v) is 5.14. The van der Waals surface area contributed by atoms with Crippen LogP contribution in [0, 0.1) is 0 Å². The summed E-state index contributed by atoms with van der Waals surface area (Å²) in [5, 5.41) is 4.98. The lowest BCUT2D eigenvalue weighted by Gasteiger charge is -2.23. The maximum Gasteiger partial charge on any atom is 0.309 e. The molecule has 0 unspecified atom stereocenters. The molecule has 1 atom stereocenters. The van der Waals surface area contributed by atoms with Gasteiger partial charge in [0.1, 0.15) is 12.0 Å². The minimum absolute atomic E-state index is 0.00828. The zero-order chi connectivity index (χ0) is 25.4. The second kappa shape index (κ2) is 11.9. The first-order valence-electron chi connectivity index (χ1n) is 10.8. The van der Waals surface area contributed by atoms with Crippen molar-refractivity contribution in [1.29, 1.82) is 0 Å². The van der Waals surface area contributed by atoms with E-state index in [0.717, 1.165) is 9.87 Å². The van der Waals surface area contributed by atoms with E-state index in [1.165, 1.54) is 32.4 Å². The number of rotatable bonds is 10. The van der Waals surface area contributed by atoms with Crippen molar-refractivity contribution in [2.75, 3.05) is 47.6 Å². The highest BCUT2D eigenvalue weighted by molar-refractivity contribution is 7.89. The van der Waals surface area contributed by atoms with Crippen LogP contribution >= 0.6 is 0 Å². The van der Waals surface area contributed by atoms with Gasteiger partial charge in [-0.15, -0.1) is 0 Å². The number of carbonyl (C=O) groups is 2. The molecule has 1 fully saturated rings. The van der Waals surface area contributed by atoms with Gasteiger partial charge >= 0.3 is 11.8 Å². The van der Waals surface area contributed by atoms with Gasteiger partial charge in [-0.1, -0.05) is 18.2 Å². The lowest BCUT2D eigenvalue weighted by atomic mass is 10.1. The average Bonchev–Trinajstić information content (AvgIpc) is 3.36. The smallest absolute Gasteiger partial charge is 0.309 e. The SMILES string of the molecule is COc1ccccc1CCNC(=O)C(=O)NC[C@H]1OCCN1S(=O)(=O)c1ccc(OC)c(OC)c1. The molecule has 0 radical (unpaired) electrons. The van der Waals surface area contributed by atoms with E-state index in [9.17, 15) is 18.0 Å². The van der Waals surface area contributed by atoms with Gasteiger partial charge in [0.25, 0.3) is 0 Å². The number of sulfonamides is 1. The van der Waals surface area contributed by atoms with Gasteiger partial charge in [-0.2, -0.15) is 4.31 Å². The van der Waals surface area contributed by atoms with E-state index >= 15 is 0 Å². The summed E-state index contributed by atoms with van der Waals surface area (Å²) in [6.07, 6.45) is -0.482. The van der Waals surface area contributed by atoms with Crippen LogP contribution < -0.4 is 24.8 Å². The Morgan fingerprint density at radius 1 is 0.971 bits per heavy atom. The van der Waals surface area contributed by atoms with E-state index in [1.807, 2.05) is 24.3 Å². The lowest BCUT2D eigenvalue weighted by Crippen LogP contribution is -2.47. The molecule has 1 aliphatic heterocycles. The van der Waals surface area contributed by atoms with Gasteiger partial charge in [0, 0.05) is 19.2 Å². The number of ether oxygens (including phenoxy) is 4. The van der Waals surface area contributed by atoms with E-state index in [0.29, 0.717) is 17.9 Å². The molecule has 0 aromatic heterocycles. The minimum Gasteiger partial charge on any atom is -0.496 e. The fourth-order valence-electron chi connectivity index (χ4n) is 3.61. The van der Waals surface area contributed by atoms with Crippen LogP contribution in [0.25, 0.3) is 0 Å². The Kier molecular flexibility index (Phi) is 8.90. The Labute approximate surface area is 204 Å². The van der Waals surface area contributed by atoms with Crippen LogP contribution in [0.2, 0.25) is 0 Å². The normalized spacial score (nSPS) is 15.9. The highest BCUT2D eigenvalue weighted by Crippen LogP contribution is 2.31. The molecule has 11 nitrogen and oxygen atoms in total. The number of methoxy groups -OCH3 is 3. The van der Waals surface area contributed by atoms with E-state index in [4.69, 9.17) is 18.9 Å². The van der Waals surface area contributed by atoms with Gasteiger partial charge in [-0.3, -0.25) is 9.59 Å². The number of para-hydroxylation sites is 1. The van der Waals surface area contributed by atoms with Gasteiger partial charge in [-0.05, 0) is 30.2 Å². The third-order valence-corrected chi connectivity index (χ3v) is 7.31. The van der Waals surface area contributed by atoms with Gasteiger partial charge < -0.3 is 29.6 Å². The maximum atomic E-state index is 13.2. The molecule has 0 aliphatic carbocycles. The quantitative estimate of drug-likeness (QED) is 0.445. The molecular formula is C23H29N3O8S. The predicted molar refractivity (Wildman–Crippen MR) is 126 cm³/mol. The largest absolute Gasteiger partial charge is 0.496 e. The second-order valence-electron chi connectivity index (χ2n) is 7.49. The van der Waals surface area contributed by atoms with Crippen molar-refractivity contribution < 1.29 is 37.0 Å². The maximum absolute atomic E-state index is 13.2. The molecule has 3 rings (SSSR count). The molecule has 2 N–H and O–H groups in total. The summed E-state index contributed by atoms with van der Waals surface area (Å²) in [7, 11) is 0.466. The number of benzene rings is 2. The summed E-state index contributed by atoms with van der Waals surface area (Å²) in [5.74, 6) is -0.357. The molecule has 190 valence electrons. The summed E-state index contributed by atoms with van der Waals surface area (Å²) < 4.78 is 48.6. The third kappa shape index (κ3) is 6.21. The Hall–Kier alpha value is -3.35. The molecule has 2 aromatic carbocycles. The lowest BCUT2D eigenvalue weighted by molar-refractivity contribution is -0.139. The number of nitrogens with one attached hydrogen (secondary N) is 2. The topological polar surface area (TPSA) is 132 Å². The van der Waals surface area contributed by atoms with Gasteiger partial charge in [0.15, 0.2) is 11.5 Å². The van der Waals surface area contributed by atoms with Crippen LogP contribution in [0.3, 0.4) is 0 Å². The van der Waals surface area contributed by atoms with E-state index in [2.05, 4.69) is 10.6 Å². The number of amides is 2. The summed E-state index contributed by atoms with van der Waals surface area (Å²) in [6.45, 7) is 0.290. The van der Waals surface area contributed by atoms with Crippen molar-refractivity contribution in [3.05, 3.63) is 48.0 Å². The molecule has 2 aromatic rings. The van der Waals surface area contributed by atoms with Crippen molar-refractivity contribution in [3.63, 3.8) is 0 Å². The van der Waals surface area contributed by atoms with Gasteiger partial charge in [0.2, 0.25) is 10.0 Å². The van der Waals surface area contributed by atoms with Crippen LogP contribution in [-0.2, 0) is 30.8 Å². The predicted octanol–water partition coefficient (Wildman–Crippen LogP) is 0.535. The molecule has 0 spiro atoms. The van der Waals surface area contributed by atoms with E-state index in [1.54, 1.807) is 7.11 Å². The summed E-state index contributed by atoms with van der Waals surface area (Å²) in [4.78, 5) is 24.4. The molecule has 1 aliphatic rings. The van der Waals surface area contributed by atoms with Crippen LogP contribution in [-0.4, -0.2) is 78.3 Å². The van der Waals surface area contributed by atoms with Crippen LogP contribution in [0.1, 0.15) is 5.56 Å². The molecular weight excluding hydrogens is 478 g/mol. The van der Waals surface area contributed by atoms with E-state index < -0.39 is 28.1 Å². The number of hydrogen-bond donors (Lipinski definition) is 2. The summed E-state index contributed by atoms with van der Waals surface area (Å²) in [5.41, 5.74) is 0.895. The molecule has 1 saturated heterocycles. The molecule has 2 amide bonds. The monoisotopic (exact) mass is 507 g/mol. The van der Waals surface area contributed by atoms with Gasteiger partial charge in [0.05, 0.1) is 39.4 Å². The van der Waals surface area contributed by atoms with Crippen molar-refractivity contribution >= 4 is 21.8 Å². The fraction of sp³-hybridized carbons (Fsp3) is 0.391. The molecule has 12 heteroatoms. The Morgan fingerprint density at radius 3 is 2.37 bits per heavy atom. The van der Waals surface area contributed by atoms with E-state index in [-0.39, 0.29) is 36.9 Å². The third-order valence-electron chi connectivity index (χ3n) is 5.42. The van der Waals surface area contributed by atoms with Crippen molar-refractivity contribution in [1.82, 2.24) is 14.9 Å². The first-order valence-corrected chi connectivity index (χ1v) is 12.3. The highest BCUT2D eigenvalue weighted by Gasteiger charge is 2.37. The summed E-state index contributed by atoms with van der Waals surface area (Å²) in [6, 6.07) is 11.6. The molecule has 35 heavy (non-hydrogen) atoms. The number of hydrogen-bond acceptors (Lipinski definition) is 8. The molecule has 1 heterocycles. The standard InChI is InChI=1S/C23H29N3O8S/c1-31-18-7-5-4-6-16(18)10-11-24-22(27)23(28)25-15-21-26(12-13-34-21)35(29,30)17-8-9-19(32-2)20(14-17)33-3/h4-9,14,21H,10-13,15H2,1-3H3,(H,24,27)(H,25,28)/t21-/m1/s1. The zero-order valence-electron chi connectivity index (χ0n) is 19.8. The zero-order valence-corrected chi connectivity index (χ0v) is 20.6. The van der Waals surface area contributed by atoms with Crippen molar-refractivity contribution in [2.24, 2.45) is 0 Å². The van der Waals surface area contributed by atoms with Crippen LogP contribution in [0.5, 0.6) is 17.2 Å². The summed E-state index contributed by atoms with van der Waals surface area (Å²) >= 11 is 0. The van der Waals surface area contributed by atoms with Crippen LogP contribution in [0.15, 0.2) is 47.4 Å². The van der Waals surface area contributed by atoms with Crippen molar-refractivity contribution in [2.45, 2.75) is 17.5 Å². The Balaban J connectivity index is 1.56. The first-order chi connectivity index (χ1) is 16.8. The van der Waals surface area contributed by atoms with Gasteiger partial charge in [-0.25, -0.2) is 8.42 Å². The number of nitrogens with zero attached hydrogens (tertiary/aromatic N) is 1. The van der Waals surface area contributed by atoms with Crippen molar-refractivity contribution in [3.8, 4) is 17.2 Å². The second-order valence-corrected chi connectivity index (χ2v) is 9.38. The Morgan fingerprint density at radius 2 is 1.66 bits per heavy atom. The molecule has 0 saturated carbocycles. The average molecular weight is 508 g/mol. The molecule has 0 bridgehead atoms. The Bertz CT molecular complexity index is 1160. The minimum atomic E-state index is -3.96.